The molecule has 1 saturated heterocycles. The summed E-state index contributed by atoms with van der Waals surface area (Å²) in [4.78, 5) is 21.1. The first-order valence-corrected chi connectivity index (χ1v) is 8.55. The van der Waals surface area contributed by atoms with Gasteiger partial charge in [-0.05, 0) is 38.3 Å². The molecule has 0 saturated carbocycles. The Hall–Kier alpha value is -2.09. The highest BCUT2D eigenvalue weighted by molar-refractivity contribution is 5.81. The Bertz CT molecular complexity index is 661. The maximum atomic E-state index is 12.5. The third-order valence-corrected chi connectivity index (χ3v) is 4.71. The molecule has 0 spiro atoms. The number of hydrogen-bond donors (Lipinski definition) is 0. The number of carbonyl (C=O) groups is 1. The molecule has 0 unspecified atom stereocenters. The Balaban J connectivity index is 2.12. The van der Waals surface area contributed by atoms with E-state index in [0.717, 1.165) is 43.0 Å². The lowest BCUT2D eigenvalue weighted by Gasteiger charge is -2.39. The summed E-state index contributed by atoms with van der Waals surface area (Å²) in [5, 5.41) is 9.45. The lowest BCUT2D eigenvalue weighted by molar-refractivity contribution is -0.140. The molecule has 24 heavy (non-hydrogen) atoms. The van der Waals surface area contributed by atoms with Gasteiger partial charge in [-0.25, -0.2) is 4.98 Å². The van der Waals surface area contributed by atoms with Gasteiger partial charge in [0.25, 0.3) is 0 Å². The number of anilines is 1. The first kappa shape index (κ1) is 18.3. The first-order valence-electron chi connectivity index (χ1n) is 8.55. The molecule has 5 nitrogen and oxygen atoms in total. The molecule has 1 aliphatic heterocycles. The third-order valence-electron chi connectivity index (χ3n) is 4.71. The summed E-state index contributed by atoms with van der Waals surface area (Å²) in [6, 6.07) is 4.49. The van der Waals surface area contributed by atoms with Gasteiger partial charge in [0.1, 0.15) is 11.9 Å². The summed E-state index contributed by atoms with van der Waals surface area (Å²) < 4.78 is 0. The molecule has 1 aromatic rings. The Kier molecular flexibility index (Phi) is 5.17. The Labute approximate surface area is 145 Å². The molecule has 130 valence electrons. The zero-order chi connectivity index (χ0) is 18.1. The second-order valence-electron chi connectivity index (χ2n) is 7.78. The molecular formula is C19H28N4O. The van der Waals surface area contributed by atoms with Crippen LogP contribution in [0.15, 0.2) is 6.07 Å². The van der Waals surface area contributed by atoms with Crippen LogP contribution in [0.4, 0.5) is 5.82 Å². The standard InChI is InChI=1S/C19H28N4O/c1-13-11-14(2)21-17(16(13)12-20)23-9-7-15(8-10-23)22(6)18(24)19(3,4)5/h11,15H,7-10H2,1-6H3. The van der Waals surface area contributed by atoms with Crippen LogP contribution in [0.25, 0.3) is 0 Å². The number of amides is 1. The van der Waals surface area contributed by atoms with Crippen LogP contribution in [0.3, 0.4) is 0 Å². The van der Waals surface area contributed by atoms with Crippen molar-refractivity contribution in [3.63, 3.8) is 0 Å². The molecule has 2 heterocycles. The van der Waals surface area contributed by atoms with E-state index in [1.54, 1.807) is 0 Å². The lowest BCUT2D eigenvalue weighted by atomic mass is 9.92. The van der Waals surface area contributed by atoms with E-state index in [2.05, 4.69) is 16.0 Å². The minimum Gasteiger partial charge on any atom is -0.355 e. The Morgan fingerprint density at radius 1 is 1.33 bits per heavy atom. The van der Waals surface area contributed by atoms with E-state index in [9.17, 15) is 10.1 Å². The van der Waals surface area contributed by atoms with Crippen LogP contribution >= 0.6 is 0 Å². The van der Waals surface area contributed by atoms with Crippen LogP contribution in [0.2, 0.25) is 0 Å². The van der Waals surface area contributed by atoms with Gasteiger partial charge in [-0.1, -0.05) is 20.8 Å². The number of nitriles is 1. The molecule has 1 amide bonds. The van der Waals surface area contributed by atoms with Crippen molar-refractivity contribution >= 4 is 11.7 Å². The highest BCUT2D eigenvalue weighted by Gasteiger charge is 2.32. The van der Waals surface area contributed by atoms with Crippen molar-refractivity contribution in [2.75, 3.05) is 25.0 Å². The van der Waals surface area contributed by atoms with Crippen molar-refractivity contribution in [3.05, 3.63) is 22.9 Å². The van der Waals surface area contributed by atoms with E-state index in [1.807, 2.05) is 52.6 Å². The van der Waals surface area contributed by atoms with E-state index >= 15 is 0 Å². The van der Waals surface area contributed by atoms with Gasteiger partial charge in [0.15, 0.2) is 0 Å². The molecule has 2 rings (SSSR count). The monoisotopic (exact) mass is 328 g/mol. The molecule has 1 fully saturated rings. The maximum Gasteiger partial charge on any atom is 0.227 e. The second-order valence-corrected chi connectivity index (χ2v) is 7.78. The second kappa shape index (κ2) is 6.80. The van der Waals surface area contributed by atoms with Crippen molar-refractivity contribution in [3.8, 4) is 6.07 Å². The van der Waals surface area contributed by atoms with Gasteiger partial charge in [-0.2, -0.15) is 5.26 Å². The lowest BCUT2D eigenvalue weighted by Crippen LogP contribution is -2.49. The number of aromatic nitrogens is 1. The molecule has 0 radical (unpaired) electrons. The van der Waals surface area contributed by atoms with Gasteiger partial charge in [0.05, 0.1) is 5.56 Å². The number of carbonyl (C=O) groups excluding carboxylic acids is 1. The normalized spacial score (nSPS) is 16.0. The van der Waals surface area contributed by atoms with Gasteiger partial charge < -0.3 is 9.80 Å². The number of aryl methyl sites for hydroxylation is 2. The van der Waals surface area contributed by atoms with Gasteiger partial charge in [-0.3, -0.25) is 4.79 Å². The SMILES string of the molecule is Cc1cc(C)c(C#N)c(N2CCC(N(C)C(=O)C(C)(C)C)CC2)n1. The van der Waals surface area contributed by atoms with Crippen LogP contribution in [-0.4, -0.2) is 42.0 Å². The van der Waals surface area contributed by atoms with Crippen molar-refractivity contribution in [1.29, 1.82) is 5.26 Å². The van der Waals surface area contributed by atoms with Crippen LogP contribution in [0.1, 0.15) is 50.4 Å². The summed E-state index contributed by atoms with van der Waals surface area (Å²) in [6.45, 7) is 11.4. The van der Waals surface area contributed by atoms with Crippen LogP contribution in [0.5, 0.6) is 0 Å². The zero-order valence-electron chi connectivity index (χ0n) is 15.7. The van der Waals surface area contributed by atoms with Crippen LogP contribution in [-0.2, 0) is 4.79 Å². The van der Waals surface area contributed by atoms with Crippen molar-refractivity contribution in [2.24, 2.45) is 5.41 Å². The number of piperidine rings is 1. The molecule has 1 aromatic heterocycles. The van der Waals surface area contributed by atoms with Crippen molar-refractivity contribution in [1.82, 2.24) is 9.88 Å². The fourth-order valence-corrected chi connectivity index (χ4v) is 3.34. The fraction of sp³-hybridized carbons (Fsp3) is 0.632. The summed E-state index contributed by atoms with van der Waals surface area (Å²) in [5.74, 6) is 0.974. The van der Waals surface area contributed by atoms with Gasteiger partial charge in [-0.15, -0.1) is 0 Å². The predicted molar refractivity (Wildman–Crippen MR) is 95.9 cm³/mol. The van der Waals surface area contributed by atoms with Gasteiger partial charge >= 0.3 is 0 Å². The highest BCUT2D eigenvalue weighted by atomic mass is 16.2. The van der Waals surface area contributed by atoms with Crippen LogP contribution in [0, 0.1) is 30.6 Å². The first-order chi connectivity index (χ1) is 11.1. The molecule has 0 aliphatic carbocycles. The molecule has 0 N–H and O–H groups in total. The van der Waals surface area contributed by atoms with Gasteiger partial charge in [0, 0.05) is 37.3 Å². The summed E-state index contributed by atoms with van der Waals surface area (Å²) in [5.41, 5.74) is 2.22. The molecule has 5 heteroatoms. The Morgan fingerprint density at radius 2 is 1.92 bits per heavy atom. The van der Waals surface area contributed by atoms with E-state index in [0.29, 0.717) is 5.56 Å². The van der Waals surface area contributed by atoms with E-state index < -0.39 is 0 Å². The van der Waals surface area contributed by atoms with E-state index in [-0.39, 0.29) is 17.4 Å². The maximum absolute atomic E-state index is 12.5. The Morgan fingerprint density at radius 3 is 2.42 bits per heavy atom. The van der Waals surface area contributed by atoms with Crippen molar-refractivity contribution in [2.45, 2.75) is 53.5 Å². The minimum atomic E-state index is -0.352. The third kappa shape index (κ3) is 3.69. The van der Waals surface area contributed by atoms with E-state index in [1.165, 1.54) is 0 Å². The summed E-state index contributed by atoms with van der Waals surface area (Å²) in [7, 11) is 1.91. The molecule has 0 bridgehead atoms. The molecule has 1 aliphatic rings. The number of pyridine rings is 1. The largest absolute Gasteiger partial charge is 0.355 e. The zero-order valence-corrected chi connectivity index (χ0v) is 15.7. The van der Waals surface area contributed by atoms with E-state index in [4.69, 9.17) is 0 Å². The van der Waals surface area contributed by atoms with Crippen LogP contribution < -0.4 is 4.90 Å². The average Bonchev–Trinajstić information content (AvgIpc) is 2.52. The summed E-state index contributed by atoms with van der Waals surface area (Å²) >= 11 is 0. The van der Waals surface area contributed by atoms with Gasteiger partial charge in [0.2, 0.25) is 5.91 Å². The number of nitrogens with zero attached hydrogens (tertiary/aromatic N) is 4. The average molecular weight is 328 g/mol. The fourth-order valence-electron chi connectivity index (χ4n) is 3.34. The quantitative estimate of drug-likeness (QED) is 0.837. The van der Waals surface area contributed by atoms with Crippen molar-refractivity contribution < 1.29 is 4.79 Å². The number of rotatable bonds is 2. The smallest absolute Gasteiger partial charge is 0.227 e. The topological polar surface area (TPSA) is 60.2 Å². The predicted octanol–water partition coefficient (Wildman–Crippen LogP) is 3.04. The minimum absolute atomic E-state index is 0.184. The summed E-state index contributed by atoms with van der Waals surface area (Å²) in [6.07, 6.45) is 1.80. The molecule has 0 aromatic carbocycles. The molecule has 0 atom stereocenters. The highest BCUT2D eigenvalue weighted by Crippen LogP contribution is 2.27. The number of hydrogen-bond acceptors (Lipinski definition) is 4. The molecular weight excluding hydrogens is 300 g/mol.